The lowest BCUT2D eigenvalue weighted by Gasteiger charge is -2.42. The minimum Gasteiger partial charge on any atom is -0.492 e. The minimum atomic E-state index is -1.92. The third-order valence-electron chi connectivity index (χ3n) is 5.02. The van der Waals surface area contributed by atoms with Crippen molar-refractivity contribution in [1.82, 2.24) is 0 Å². The standard InChI is InChI=1S/C18H29BrO4Si/c1-11(2)24(12(3)4,13(5)6)23-9-14-8-15-17(22-10-21-15)18(20-7)16(14)19/h8,11-13H,9-10H2,1-7H3. The van der Waals surface area contributed by atoms with Crippen LogP contribution in [-0.2, 0) is 11.0 Å². The first kappa shape index (κ1) is 19.6. The summed E-state index contributed by atoms with van der Waals surface area (Å²) in [5, 5.41) is 0. The van der Waals surface area contributed by atoms with E-state index in [0.717, 1.165) is 15.8 Å². The molecule has 1 aliphatic heterocycles. The highest BCUT2D eigenvalue weighted by Gasteiger charge is 2.45. The van der Waals surface area contributed by atoms with Gasteiger partial charge in [-0.05, 0) is 44.2 Å². The highest BCUT2D eigenvalue weighted by Crippen LogP contribution is 2.48. The molecule has 0 N–H and O–H groups in total. The zero-order valence-electron chi connectivity index (χ0n) is 15.7. The zero-order chi connectivity index (χ0) is 18.1. The van der Waals surface area contributed by atoms with E-state index >= 15 is 0 Å². The monoisotopic (exact) mass is 416 g/mol. The van der Waals surface area contributed by atoms with Crippen LogP contribution in [0.5, 0.6) is 17.2 Å². The Morgan fingerprint density at radius 2 is 1.67 bits per heavy atom. The van der Waals surface area contributed by atoms with Crippen molar-refractivity contribution < 1.29 is 18.6 Å². The zero-order valence-corrected chi connectivity index (χ0v) is 18.3. The molecule has 0 aromatic heterocycles. The third kappa shape index (κ3) is 3.33. The number of rotatable bonds is 7. The largest absolute Gasteiger partial charge is 0.492 e. The van der Waals surface area contributed by atoms with Gasteiger partial charge in [-0.2, -0.15) is 0 Å². The van der Waals surface area contributed by atoms with Gasteiger partial charge in [-0.3, -0.25) is 0 Å². The number of benzene rings is 1. The molecule has 0 bridgehead atoms. The van der Waals surface area contributed by atoms with Crippen LogP contribution >= 0.6 is 15.9 Å². The Hall–Kier alpha value is -0.723. The molecule has 1 aromatic carbocycles. The first-order valence-corrected chi connectivity index (χ1v) is 11.5. The average molecular weight is 417 g/mol. The summed E-state index contributed by atoms with van der Waals surface area (Å²) in [6, 6.07) is 2.00. The Morgan fingerprint density at radius 3 is 2.17 bits per heavy atom. The molecule has 136 valence electrons. The second-order valence-electron chi connectivity index (χ2n) is 7.22. The molecule has 0 spiro atoms. The van der Waals surface area contributed by atoms with Gasteiger partial charge >= 0.3 is 0 Å². The molecule has 6 heteroatoms. The molecule has 0 aliphatic carbocycles. The van der Waals surface area contributed by atoms with Crippen molar-refractivity contribution in [3.63, 3.8) is 0 Å². The Bertz CT molecular complexity index is 565. The lowest BCUT2D eigenvalue weighted by atomic mass is 10.2. The minimum absolute atomic E-state index is 0.227. The number of halogens is 1. The van der Waals surface area contributed by atoms with Crippen molar-refractivity contribution in [1.29, 1.82) is 0 Å². The molecule has 2 rings (SSSR count). The lowest BCUT2D eigenvalue weighted by molar-refractivity contribution is 0.171. The maximum atomic E-state index is 6.70. The number of hydrogen-bond donors (Lipinski definition) is 0. The van der Waals surface area contributed by atoms with Gasteiger partial charge in [0, 0.05) is 0 Å². The molecule has 1 aliphatic rings. The molecular weight excluding hydrogens is 388 g/mol. The second kappa shape index (κ2) is 7.66. The van der Waals surface area contributed by atoms with E-state index in [-0.39, 0.29) is 6.79 Å². The first-order chi connectivity index (χ1) is 11.3. The quantitative estimate of drug-likeness (QED) is 0.520. The molecule has 24 heavy (non-hydrogen) atoms. The van der Waals surface area contributed by atoms with E-state index < -0.39 is 8.32 Å². The fraction of sp³-hybridized carbons (Fsp3) is 0.667. The predicted octanol–water partition coefficient (Wildman–Crippen LogP) is 5.88. The van der Waals surface area contributed by atoms with Gasteiger partial charge in [0.05, 0.1) is 18.2 Å². The van der Waals surface area contributed by atoms with Crippen molar-refractivity contribution in [2.24, 2.45) is 0 Å². The third-order valence-corrected chi connectivity index (χ3v) is 12.0. The molecule has 4 nitrogen and oxygen atoms in total. The van der Waals surface area contributed by atoms with Crippen LogP contribution in [0.15, 0.2) is 10.5 Å². The van der Waals surface area contributed by atoms with Crippen LogP contribution in [0.1, 0.15) is 47.1 Å². The fourth-order valence-corrected chi connectivity index (χ4v) is 10.0. The second-order valence-corrected chi connectivity index (χ2v) is 13.5. The Kier molecular flexibility index (Phi) is 6.26. The van der Waals surface area contributed by atoms with Gasteiger partial charge in [-0.25, -0.2) is 0 Å². The number of fused-ring (bicyclic) bond motifs is 1. The van der Waals surface area contributed by atoms with Crippen LogP contribution in [0.4, 0.5) is 0 Å². The van der Waals surface area contributed by atoms with E-state index in [1.807, 2.05) is 6.07 Å². The summed E-state index contributed by atoms with van der Waals surface area (Å²) >= 11 is 3.65. The van der Waals surface area contributed by atoms with Crippen LogP contribution < -0.4 is 14.2 Å². The average Bonchev–Trinajstić information content (AvgIpc) is 2.95. The van der Waals surface area contributed by atoms with Gasteiger partial charge < -0.3 is 18.6 Å². The number of methoxy groups -OCH3 is 1. The summed E-state index contributed by atoms with van der Waals surface area (Å²) in [5.41, 5.74) is 2.68. The molecule has 0 amide bonds. The summed E-state index contributed by atoms with van der Waals surface area (Å²) in [6.07, 6.45) is 0. The van der Waals surface area contributed by atoms with E-state index in [0.29, 0.717) is 34.7 Å². The van der Waals surface area contributed by atoms with Gasteiger partial charge in [0.1, 0.15) is 0 Å². The van der Waals surface area contributed by atoms with Crippen LogP contribution in [0.25, 0.3) is 0 Å². The van der Waals surface area contributed by atoms with Crippen LogP contribution in [-0.4, -0.2) is 22.2 Å². The first-order valence-electron chi connectivity index (χ1n) is 8.54. The molecule has 0 saturated heterocycles. The maximum absolute atomic E-state index is 6.70. The molecule has 0 fully saturated rings. The van der Waals surface area contributed by atoms with Gasteiger partial charge in [-0.1, -0.05) is 41.5 Å². The number of hydrogen-bond acceptors (Lipinski definition) is 4. The van der Waals surface area contributed by atoms with E-state index in [1.54, 1.807) is 7.11 Å². The van der Waals surface area contributed by atoms with Gasteiger partial charge in [0.2, 0.25) is 20.9 Å². The molecule has 0 saturated carbocycles. The predicted molar refractivity (Wildman–Crippen MR) is 103 cm³/mol. The van der Waals surface area contributed by atoms with Crippen LogP contribution in [0.2, 0.25) is 16.6 Å². The highest BCUT2D eigenvalue weighted by molar-refractivity contribution is 9.10. The molecule has 1 heterocycles. The maximum Gasteiger partial charge on any atom is 0.231 e. The smallest absolute Gasteiger partial charge is 0.231 e. The fourth-order valence-electron chi connectivity index (χ4n) is 4.03. The van der Waals surface area contributed by atoms with E-state index in [1.165, 1.54) is 0 Å². The molecule has 0 radical (unpaired) electrons. The van der Waals surface area contributed by atoms with Gasteiger partial charge in [0.25, 0.3) is 0 Å². The van der Waals surface area contributed by atoms with Gasteiger partial charge in [-0.15, -0.1) is 0 Å². The lowest BCUT2D eigenvalue weighted by Crippen LogP contribution is -2.47. The van der Waals surface area contributed by atoms with E-state index in [2.05, 4.69) is 57.5 Å². The van der Waals surface area contributed by atoms with Crippen LogP contribution in [0, 0.1) is 0 Å². The highest BCUT2D eigenvalue weighted by atomic mass is 79.9. The van der Waals surface area contributed by atoms with E-state index in [4.69, 9.17) is 18.6 Å². The topological polar surface area (TPSA) is 36.9 Å². The van der Waals surface area contributed by atoms with Crippen molar-refractivity contribution in [2.45, 2.75) is 64.8 Å². The summed E-state index contributed by atoms with van der Waals surface area (Å²) in [4.78, 5) is 0. The Balaban J connectivity index is 2.34. The summed E-state index contributed by atoms with van der Waals surface area (Å²) < 4.78 is 24.1. The van der Waals surface area contributed by atoms with Crippen molar-refractivity contribution >= 4 is 24.2 Å². The molecule has 0 unspecified atom stereocenters. The Morgan fingerprint density at radius 1 is 1.08 bits per heavy atom. The van der Waals surface area contributed by atoms with Crippen molar-refractivity contribution in [3.8, 4) is 17.2 Å². The van der Waals surface area contributed by atoms with E-state index in [9.17, 15) is 0 Å². The molecule has 1 aromatic rings. The van der Waals surface area contributed by atoms with Crippen molar-refractivity contribution in [2.75, 3.05) is 13.9 Å². The normalized spacial score (nSPS) is 14.1. The molecule has 0 atom stereocenters. The number of ether oxygens (including phenoxy) is 3. The van der Waals surface area contributed by atoms with Crippen LogP contribution in [0.3, 0.4) is 0 Å². The van der Waals surface area contributed by atoms with Crippen molar-refractivity contribution in [3.05, 3.63) is 16.1 Å². The van der Waals surface area contributed by atoms with Gasteiger partial charge in [0.15, 0.2) is 11.5 Å². The summed E-state index contributed by atoms with van der Waals surface area (Å²) in [5.74, 6) is 2.06. The Labute approximate surface area is 155 Å². The summed E-state index contributed by atoms with van der Waals surface area (Å²) in [6.45, 7) is 14.5. The molecular formula is C18H29BrO4Si. The summed E-state index contributed by atoms with van der Waals surface area (Å²) in [7, 11) is -0.279. The SMILES string of the molecule is COc1c(Br)c(CO[Si](C(C)C)(C(C)C)C(C)C)cc2c1OCO2.